The van der Waals surface area contributed by atoms with Crippen molar-refractivity contribution in [3.63, 3.8) is 0 Å². The van der Waals surface area contributed by atoms with E-state index in [-0.39, 0.29) is 0 Å². The van der Waals surface area contributed by atoms with Crippen molar-refractivity contribution in [2.45, 2.75) is 6.92 Å². The van der Waals surface area contributed by atoms with E-state index in [4.69, 9.17) is 4.74 Å². The molecule has 0 aliphatic carbocycles. The van der Waals surface area contributed by atoms with Crippen molar-refractivity contribution in [3.05, 3.63) is 46.3 Å². The van der Waals surface area contributed by atoms with Gasteiger partial charge in [-0.1, -0.05) is 0 Å². The molecule has 0 bridgehead atoms. The van der Waals surface area contributed by atoms with Crippen LogP contribution in [-0.4, -0.2) is 11.5 Å². The number of ether oxygens (including phenoxy) is 1. The lowest BCUT2D eigenvalue weighted by molar-refractivity contribution is 0.480. The van der Waals surface area contributed by atoms with Gasteiger partial charge in [0.05, 0.1) is 18.1 Å². The number of nitrogens with one attached hydrogen (secondary N) is 1. The Labute approximate surface area is 114 Å². The largest absolute Gasteiger partial charge is 0.456 e. The molecule has 0 aliphatic rings. The Hall–Kier alpha value is -1.30. The van der Waals surface area contributed by atoms with E-state index in [0.717, 1.165) is 23.7 Å². The Morgan fingerprint density at radius 3 is 2.65 bits per heavy atom. The molecular weight excluding hydrogens is 327 g/mol. The molecule has 0 amide bonds. The first kappa shape index (κ1) is 12.2. The van der Waals surface area contributed by atoms with E-state index < -0.39 is 0 Å². The van der Waals surface area contributed by atoms with Gasteiger partial charge in [0, 0.05) is 16.2 Å². The molecule has 1 aromatic carbocycles. The molecule has 1 heterocycles. The zero-order valence-corrected chi connectivity index (χ0v) is 11.6. The summed E-state index contributed by atoms with van der Waals surface area (Å²) in [4.78, 5) is 4.13. The highest BCUT2D eigenvalue weighted by Gasteiger charge is 1.99. The highest BCUT2D eigenvalue weighted by molar-refractivity contribution is 14.1. The van der Waals surface area contributed by atoms with Gasteiger partial charge < -0.3 is 10.1 Å². The minimum Gasteiger partial charge on any atom is -0.456 e. The summed E-state index contributed by atoms with van der Waals surface area (Å²) in [6, 6.07) is 9.85. The van der Waals surface area contributed by atoms with Crippen molar-refractivity contribution in [1.82, 2.24) is 4.98 Å². The zero-order chi connectivity index (χ0) is 12.1. The monoisotopic (exact) mass is 340 g/mol. The van der Waals surface area contributed by atoms with Gasteiger partial charge in [0.25, 0.3) is 0 Å². The summed E-state index contributed by atoms with van der Waals surface area (Å²) in [7, 11) is 0. The van der Waals surface area contributed by atoms with Crippen molar-refractivity contribution in [2.24, 2.45) is 0 Å². The Morgan fingerprint density at radius 2 is 1.94 bits per heavy atom. The molecule has 88 valence electrons. The van der Waals surface area contributed by atoms with Gasteiger partial charge in [0.2, 0.25) is 0 Å². The highest BCUT2D eigenvalue weighted by atomic mass is 127. The molecule has 0 spiro atoms. The highest BCUT2D eigenvalue weighted by Crippen LogP contribution is 2.23. The van der Waals surface area contributed by atoms with Gasteiger partial charge in [-0.25, -0.2) is 0 Å². The summed E-state index contributed by atoms with van der Waals surface area (Å²) in [5.41, 5.74) is 0.968. The Bertz CT molecular complexity index is 485. The molecule has 17 heavy (non-hydrogen) atoms. The van der Waals surface area contributed by atoms with Crippen LogP contribution in [0.2, 0.25) is 0 Å². The third-order valence-corrected chi connectivity index (χ3v) is 2.86. The van der Waals surface area contributed by atoms with Crippen molar-refractivity contribution in [2.75, 3.05) is 11.9 Å². The van der Waals surface area contributed by atoms with Crippen LogP contribution in [0.25, 0.3) is 0 Å². The van der Waals surface area contributed by atoms with Crippen LogP contribution in [0.4, 0.5) is 5.69 Å². The molecule has 2 rings (SSSR count). The standard InChI is InChI=1S/C13H13IN2O/c1-2-16-11-7-13(9-15-8-11)17-12-5-3-10(14)4-6-12/h3-9,16H,2H2,1H3. The molecule has 0 atom stereocenters. The molecule has 0 saturated carbocycles. The van der Waals surface area contributed by atoms with Crippen molar-refractivity contribution in [1.29, 1.82) is 0 Å². The van der Waals surface area contributed by atoms with Crippen LogP contribution in [-0.2, 0) is 0 Å². The molecule has 2 aromatic rings. The molecule has 0 unspecified atom stereocenters. The predicted molar refractivity (Wildman–Crippen MR) is 77.6 cm³/mol. The van der Waals surface area contributed by atoms with Crippen LogP contribution in [0.1, 0.15) is 6.92 Å². The quantitative estimate of drug-likeness (QED) is 0.857. The van der Waals surface area contributed by atoms with E-state index in [1.54, 1.807) is 12.4 Å². The van der Waals surface area contributed by atoms with Crippen LogP contribution in [0.3, 0.4) is 0 Å². The first-order chi connectivity index (χ1) is 8.28. The number of hydrogen-bond donors (Lipinski definition) is 1. The van der Waals surface area contributed by atoms with E-state index >= 15 is 0 Å². The summed E-state index contributed by atoms with van der Waals surface area (Å²) in [5, 5.41) is 3.20. The fourth-order valence-electron chi connectivity index (χ4n) is 1.41. The summed E-state index contributed by atoms with van der Waals surface area (Å²) < 4.78 is 6.90. The average molecular weight is 340 g/mol. The number of nitrogens with zero attached hydrogens (tertiary/aromatic N) is 1. The second kappa shape index (κ2) is 5.86. The third-order valence-electron chi connectivity index (χ3n) is 2.14. The molecule has 1 aromatic heterocycles. The normalized spacial score (nSPS) is 10.0. The minimum atomic E-state index is 0.740. The maximum Gasteiger partial charge on any atom is 0.147 e. The van der Waals surface area contributed by atoms with E-state index in [1.165, 1.54) is 3.57 Å². The maximum atomic E-state index is 5.71. The molecule has 3 nitrogen and oxygen atoms in total. The molecule has 0 radical (unpaired) electrons. The van der Waals surface area contributed by atoms with Crippen molar-refractivity contribution in [3.8, 4) is 11.5 Å². The van der Waals surface area contributed by atoms with Gasteiger partial charge in [-0.05, 0) is 53.8 Å². The van der Waals surface area contributed by atoms with E-state index in [2.05, 4.69) is 32.9 Å². The number of anilines is 1. The summed E-state index contributed by atoms with van der Waals surface area (Å²) in [5.74, 6) is 1.56. The van der Waals surface area contributed by atoms with Crippen LogP contribution >= 0.6 is 22.6 Å². The molecule has 0 fully saturated rings. The molecule has 1 N–H and O–H groups in total. The number of hydrogen-bond acceptors (Lipinski definition) is 3. The summed E-state index contributed by atoms with van der Waals surface area (Å²) in [6.07, 6.45) is 3.49. The second-order valence-electron chi connectivity index (χ2n) is 3.50. The van der Waals surface area contributed by atoms with Gasteiger partial charge in [0.1, 0.15) is 11.5 Å². The van der Waals surface area contributed by atoms with Gasteiger partial charge >= 0.3 is 0 Å². The number of benzene rings is 1. The molecule has 0 aliphatic heterocycles. The van der Waals surface area contributed by atoms with Crippen LogP contribution in [0.5, 0.6) is 11.5 Å². The van der Waals surface area contributed by atoms with Gasteiger partial charge in [-0.3, -0.25) is 4.98 Å². The second-order valence-corrected chi connectivity index (χ2v) is 4.74. The number of pyridine rings is 1. The van der Waals surface area contributed by atoms with Gasteiger partial charge in [0.15, 0.2) is 0 Å². The minimum absolute atomic E-state index is 0.740. The average Bonchev–Trinajstić information content (AvgIpc) is 2.33. The van der Waals surface area contributed by atoms with Crippen LogP contribution in [0, 0.1) is 3.57 Å². The predicted octanol–water partition coefficient (Wildman–Crippen LogP) is 3.91. The topological polar surface area (TPSA) is 34.2 Å². The molecule has 0 saturated heterocycles. The van der Waals surface area contributed by atoms with Crippen LogP contribution in [0.15, 0.2) is 42.7 Å². The van der Waals surface area contributed by atoms with E-state index in [1.807, 2.05) is 37.3 Å². The van der Waals surface area contributed by atoms with Gasteiger partial charge in [-0.2, -0.15) is 0 Å². The zero-order valence-electron chi connectivity index (χ0n) is 9.48. The Balaban J connectivity index is 2.12. The van der Waals surface area contributed by atoms with Crippen LogP contribution < -0.4 is 10.1 Å². The van der Waals surface area contributed by atoms with Crippen molar-refractivity contribution < 1.29 is 4.74 Å². The first-order valence-electron chi connectivity index (χ1n) is 5.40. The van der Waals surface area contributed by atoms with E-state index in [0.29, 0.717) is 0 Å². The lowest BCUT2D eigenvalue weighted by Crippen LogP contribution is -1.97. The van der Waals surface area contributed by atoms with Gasteiger partial charge in [-0.15, -0.1) is 0 Å². The number of halogens is 1. The molecular formula is C13H13IN2O. The SMILES string of the molecule is CCNc1cncc(Oc2ccc(I)cc2)c1. The summed E-state index contributed by atoms with van der Waals surface area (Å²) >= 11 is 2.27. The van der Waals surface area contributed by atoms with E-state index in [9.17, 15) is 0 Å². The Kier molecular flexibility index (Phi) is 4.19. The summed E-state index contributed by atoms with van der Waals surface area (Å²) in [6.45, 7) is 2.92. The third kappa shape index (κ3) is 3.59. The Morgan fingerprint density at radius 1 is 1.18 bits per heavy atom. The fraction of sp³-hybridized carbons (Fsp3) is 0.154. The lowest BCUT2D eigenvalue weighted by Gasteiger charge is -2.07. The maximum absolute atomic E-state index is 5.71. The smallest absolute Gasteiger partial charge is 0.147 e. The molecule has 4 heteroatoms. The van der Waals surface area contributed by atoms with Crippen molar-refractivity contribution >= 4 is 28.3 Å². The number of rotatable bonds is 4. The lowest BCUT2D eigenvalue weighted by atomic mass is 10.3. The fourth-order valence-corrected chi connectivity index (χ4v) is 1.77. The first-order valence-corrected chi connectivity index (χ1v) is 6.48. The number of aromatic nitrogens is 1.